The number of nitrogens with zero attached hydrogens (tertiary/aromatic N) is 2. The molecule has 22 heavy (non-hydrogen) atoms. The normalized spacial score (nSPS) is 10.6. The third-order valence-electron chi connectivity index (χ3n) is 3.00. The predicted octanol–water partition coefficient (Wildman–Crippen LogP) is 2.23. The number of amides is 1. The van der Waals surface area contributed by atoms with E-state index in [0.717, 1.165) is 11.3 Å². The van der Waals surface area contributed by atoms with Crippen molar-refractivity contribution in [1.29, 1.82) is 0 Å². The molecule has 1 aromatic carbocycles. The molecule has 0 aliphatic heterocycles. The molecule has 118 valence electrons. The van der Waals surface area contributed by atoms with E-state index in [9.17, 15) is 4.79 Å². The van der Waals surface area contributed by atoms with Gasteiger partial charge in [-0.25, -0.2) is 0 Å². The van der Waals surface area contributed by atoms with Crippen LogP contribution in [0.2, 0.25) is 0 Å². The van der Waals surface area contributed by atoms with Crippen LogP contribution in [0.5, 0.6) is 0 Å². The van der Waals surface area contributed by atoms with E-state index in [1.165, 1.54) is 6.20 Å². The molecular formula is C16H21N3O3. The Labute approximate surface area is 130 Å². The molecule has 1 amide bonds. The van der Waals surface area contributed by atoms with Crippen LogP contribution >= 0.6 is 0 Å². The smallest absolute Gasteiger partial charge is 0.258 e. The van der Waals surface area contributed by atoms with E-state index < -0.39 is 0 Å². The highest BCUT2D eigenvalue weighted by Crippen LogP contribution is 2.13. The van der Waals surface area contributed by atoms with Crippen LogP contribution < -0.4 is 5.32 Å². The van der Waals surface area contributed by atoms with Crippen LogP contribution in [0.15, 0.2) is 36.7 Å². The highest BCUT2D eigenvalue weighted by atomic mass is 16.5. The van der Waals surface area contributed by atoms with Gasteiger partial charge in [0.2, 0.25) is 0 Å². The SMILES string of the molecule is CCOCCOCc1cccc(NC(=O)c2cnn(C)c2)c1. The Morgan fingerprint density at radius 2 is 2.14 bits per heavy atom. The molecule has 0 atom stereocenters. The Bertz CT molecular complexity index is 610. The monoisotopic (exact) mass is 303 g/mol. The average molecular weight is 303 g/mol. The minimum Gasteiger partial charge on any atom is -0.379 e. The number of aromatic nitrogens is 2. The second-order valence-electron chi connectivity index (χ2n) is 4.81. The third kappa shape index (κ3) is 4.98. The Balaban J connectivity index is 1.87. The zero-order valence-corrected chi connectivity index (χ0v) is 12.9. The first-order chi connectivity index (χ1) is 10.7. The summed E-state index contributed by atoms with van der Waals surface area (Å²) in [5.41, 5.74) is 2.26. The number of anilines is 1. The molecule has 0 spiro atoms. The first kappa shape index (κ1) is 16.2. The molecule has 1 heterocycles. The lowest BCUT2D eigenvalue weighted by atomic mass is 10.2. The molecule has 0 aliphatic rings. The molecule has 0 radical (unpaired) electrons. The van der Waals surface area contributed by atoms with Gasteiger partial charge in [-0.1, -0.05) is 12.1 Å². The van der Waals surface area contributed by atoms with Gasteiger partial charge in [0, 0.05) is 25.5 Å². The van der Waals surface area contributed by atoms with E-state index in [2.05, 4.69) is 10.4 Å². The van der Waals surface area contributed by atoms with Gasteiger partial charge in [0.1, 0.15) is 0 Å². The summed E-state index contributed by atoms with van der Waals surface area (Å²) >= 11 is 0. The third-order valence-corrected chi connectivity index (χ3v) is 3.00. The van der Waals surface area contributed by atoms with Crippen LogP contribution in [0.4, 0.5) is 5.69 Å². The number of carbonyl (C=O) groups excluding carboxylic acids is 1. The van der Waals surface area contributed by atoms with Crippen LogP contribution in [0.3, 0.4) is 0 Å². The highest BCUT2D eigenvalue weighted by Gasteiger charge is 2.08. The first-order valence-corrected chi connectivity index (χ1v) is 7.23. The van der Waals surface area contributed by atoms with Crippen molar-refractivity contribution in [2.75, 3.05) is 25.1 Å². The highest BCUT2D eigenvalue weighted by molar-refractivity contribution is 6.03. The molecule has 6 nitrogen and oxygen atoms in total. The van der Waals surface area contributed by atoms with Crippen LogP contribution in [0.25, 0.3) is 0 Å². The van der Waals surface area contributed by atoms with Gasteiger partial charge in [-0.3, -0.25) is 9.48 Å². The Hall–Kier alpha value is -2.18. The summed E-state index contributed by atoms with van der Waals surface area (Å²) < 4.78 is 12.3. The number of carbonyl (C=O) groups is 1. The van der Waals surface area contributed by atoms with Crippen LogP contribution in [0, 0.1) is 0 Å². The summed E-state index contributed by atoms with van der Waals surface area (Å²) in [6.45, 7) is 4.28. The van der Waals surface area contributed by atoms with Gasteiger partial charge < -0.3 is 14.8 Å². The standard InChI is InChI=1S/C16H21N3O3/c1-3-21-7-8-22-12-13-5-4-6-15(9-13)18-16(20)14-10-17-19(2)11-14/h4-6,9-11H,3,7-8,12H2,1-2H3,(H,18,20). The lowest BCUT2D eigenvalue weighted by Gasteiger charge is -2.08. The Morgan fingerprint density at radius 3 is 2.86 bits per heavy atom. The molecule has 2 aromatic rings. The zero-order valence-electron chi connectivity index (χ0n) is 12.9. The quantitative estimate of drug-likeness (QED) is 0.759. The van der Waals surface area contributed by atoms with E-state index in [-0.39, 0.29) is 5.91 Å². The maximum atomic E-state index is 12.1. The molecule has 6 heteroatoms. The topological polar surface area (TPSA) is 65.4 Å². The second-order valence-corrected chi connectivity index (χ2v) is 4.81. The lowest BCUT2D eigenvalue weighted by molar-refractivity contribution is 0.0453. The van der Waals surface area contributed by atoms with E-state index in [0.29, 0.717) is 32.0 Å². The molecule has 0 aliphatic carbocycles. The zero-order chi connectivity index (χ0) is 15.8. The summed E-state index contributed by atoms with van der Waals surface area (Å²) in [6, 6.07) is 7.59. The van der Waals surface area contributed by atoms with Crippen molar-refractivity contribution in [1.82, 2.24) is 9.78 Å². The fraction of sp³-hybridized carbons (Fsp3) is 0.375. The van der Waals surface area contributed by atoms with Crippen molar-refractivity contribution in [2.24, 2.45) is 7.05 Å². The number of aryl methyl sites for hydroxylation is 1. The molecule has 0 unspecified atom stereocenters. The van der Waals surface area contributed by atoms with E-state index >= 15 is 0 Å². The maximum Gasteiger partial charge on any atom is 0.258 e. The van der Waals surface area contributed by atoms with Crippen LogP contribution in [-0.4, -0.2) is 35.5 Å². The van der Waals surface area contributed by atoms with Crippen LogP contribution in [0.1, 0.15) is 22.8 Å². The number of hydrogen-bond donors (Lipinski definition) is 1. The fourth-order valence-electron chi connectivity index (χ4n) is 1.93. The minimum absolute atomic E-state index is 0.178. The van der Waals surface area contributed by atoms with Gasteiger partial charge in [0.05, 0.1) is 31.6 Å². The Kier molecular flexibility index (Phi) is 6.12. The summed E-state index contributed by atoms with van der Waals surface area (Å²) in [4.78, 5) is 12.1. The van der Waals surface area contributed by atoms with Gasteiger partial charge >= 0.3 is 0 Å². The molecule has 2 rings (SSSR count). The number of ether oxygens (including phenoxy) is 2. The van der Waals surface area contributed by atoms with Crippen molar-refractivity contribution in [3.05, 3.63) is 47.8 Å². The fourth-order valence-corrected chi connectivity index (χ4v) is 1.93. The molecule has 0 saturated heterocycles. The van der Waals surface area contributed by atoms with Gasteiger partial charge in [0.15, 0.2) is 0 Å². The van der Waals surface area contributed by atoms with Crippen molar-refractivity contribution in [2.45, 2.75) is 13.5 Å². The largest absolute Gasteiger partial charge is 0.379 e. The van der Waals surface area contributed by atoms with Gasteiger partial charge in [-0.15, -0.1) is 0 Å². The van der Waals surface area contributed by atoms with Gasteiger partial charge in [-0.2, -0.15) is 5.10 Å². The van der Waals surface area contributed by atoms with Crippen LogP contribution in [-0.2, 0) is 23.1 Å². The van der Waals surface area contributed by atoms with Crippen molar-refractivity contribution in [3.8, 4) is 0 Å². The number of hydrogen-bond acceptors (Lipinski definition) is 4. The molecular weight excluding hydrogens is 282 g/mol. The average Bonchev–Trinajstić information content (AvgIpc) is 2.94. The number of benzene rings is 1. The second kappa shape index (κ2) is 8.31. The maximum absolute atomic E-state index is 12.1. The molecule has 1 aromatic heterocycles. The number of rotatable bonds is 8. The summed E-state index contributed by atoms with van der Waals surface area (Å²) in [5, 5.41) is 6.84. The summed E-state index contributed by atoms with van der Waals surface area (Å²) in [6.07, 6.45) is 3.21. The van der Waals surface area contributed by atoms with E-state index in [4.69, 9.17) is 9.47 Å². The first-order valence-electron chi connectivity index (χ1n) is 7.23. The summed E-state index contributed by atoms with van der Waals surface area (Å²) in [5.74, 6) is -0.178. The van der Waals surface area contributed by atoms with E-state index in [1.807, 2.05) is 31.2 Å². The van der Waals surface area contributed by atoms with Crippen molar-refractivity contribution in [3.63, 3.8) is 0 Å². The molecule has 0 fully saturated rings. The van der Waals surface area contributed by atoms with Crippen molar-refractivity contribution < 1.29 is 14.3 Å². The minimum atomic E-state index is -0.178. The molecule has 0 bridgehead atoms. The molecule has 0 saturated carbocycles. The number of nitrogens with one attached hydrogen (secondary N) is 1. The van der Waals surface area contributed by atoms with Gasteiger partial charge in [0.25, 0.3) is 5.91 Å². The summed E-state index contributed by atoms with van der Waals surface area (Å²) in [7, 11) is 1.77. The predicted molar refractivity (Wildman–Crippen MR) is 83.8 cm³/mol. The van der Waals surface area contributed by atoms with Crippen molar-refractivity contribution >= 4 is 11.6 Å². The van der Waals surface area contributed by atoms with Gasteiger partial charge in [-0.05, 0) is 24.6 Å². The Morgan fingerprint density at radius 1 is 1.32 bits per heavy atom. The van der Waals surface area contributed by atoms with E-state index in [1.54, 1.807) is 17.9 Å². The lowest BCUT2D eigenvalue weighted by Crippen LogP contribution is -2.11. The molecule has 1 N–H and O–H groups in total.